The van der Waals surface area contributed by atoms with Crippen molar-refractivity contribution in [1.29, 1.82) is 0 Å². The van der Waals surface area contributed by atoms with Gasteiger partial charge in [0.05, 0.1) is 0 Å². The number of aromatic nitrogens is 2. The van der Waals surface area contributed by atoms with Gasteiger partial charge in [0.2, 0.25) is 0 Å². The van der Waals surface area contributed by atoms with Gasteiger partial charge in [-0.2, -0.15) is 0 Å². The second kappa shape index (κ2) is 10.4. The first-order valence-corrected chi connectivity index (χ1v) is 10.3. The first-order valence-electron chi connectivity index (χ1n) is 9.57. The average Bonchev–Trinajstić information content (AvgIpc) is 2.79. The van der Waals surface area contributed by atoms with Gasteiger partial charge in [-0.15, -0.1) is 0 Å². The summed E-state index contributed by atoms with van der Waals surface area (Å²) in [6.45, 7) is -0.558. The van der Waals surface area contributed by atoms with Crippen LogP contribution in [0, 0.1) is 0 Å². The van der Waals surface area contributed by atoms with Crippen molar-refractivity contribution >= 4 is 40.9 Å². The summed E-state index contributed by atoms with van der Waals surface area (Å²) in [6, 6.07) is 12.4. The van der Waals surface area contributed by atoms with Gasteiger partial charge in [0.25, 0.3) is 11.5 Å². The molecule has 1 N–H and O–H groups in total. The van der Waals surface area contributed by atoms with Crippen LogP contribution in [0.2, 0.25) is 10.0 Å². The molecule has 0 aliphatic carbocycles. The van der Waals surface area contributed by atoms with Crippen molar-refractivity contribution in [1.82, 2.24) is 9.13 Å². The van der Waals surface area contributed by atoms with Crippen LogP contribution in [-0.2, 0) is 30.2 Å². The molecule has 11 heteroatoms. The molecule has 3 rings (SSSR count). The molecule has 1 aromatic heterocycles. The molecular formula is C22H19Cl2N3O6. The third-order valence-electron chi connectivity index (χ3n) is 4.63. The van der Waals surface area contributed by atoms with E-state index in [4.69, 9.17) is 32.7 Å². The molecule has 172 valence electrons. The second-order valence-electron chi connectivity index (χ2n) is 6.91. The number of esters is 1. The Labute approximate surface area is 198 Å². The van der Waals surface area contributed by atoms with Crippen LogP contribution in [-0.4, -0.2) is 27.6 Å². The molecule has 2 aromatic carbocycles. The Morgan fingerprint density at radius 1 is 1.00 bits per heavy atom. The summed E-state index contributed by atoms with van der Waals surface area (Å²) in [7, 11) is 2.71. The van der Waals surface area contributed by atoms with E-state index in [0.717, 1.165) is 15.2 Å². The van der Waals surface area contributed by atoms with Crippen LogP contribution in [0.4, 0.5) is 5.82 Å². The maximum atomic E-state index is 12.5. The molecule has 0 atom stereocenters. The highest BCUT2D eigenvalue weighted by atomic mass is 35.5. The lowest BCUT2D eigenvalue weighted by Crippen LogP contribution is -2.38. The average molecular weight is 492 g/mol. The van der Waals surface area contributed by atoms with Crippen LogP contribution in [0.15, 0.2) is 58.1 Å². The molecule has 0 fully saturated rings. The monoisotopic (exact) mass is 491 g/mol. The Hall–Kier alpha value is -3.56. The van der Waals surface area contributed by atoms with Gasteiger partial charge in [-0.3, -0.25) is 18.7 Å². The number of rotatable bonds is 7. The van der Waals surface area contributed by atoms with E-state index in [1.54, 1.807) is 36.4 Å². The van der Waals surface area contributed by atoms with E-state index in [1.165, 1.54) is 20.2 Å². The van der Waals surface area contributed by atoms with Crippen LogP contribution >= 0.6 is 23.2 Å². The van der Waals surface area contributed by atoms with Crippen LogP contribution in [0.5, 0.6) is 5.75 Å². The molecule has 0 aliphatic rings. The van der Waals surface area contributed by atoms with Gasteiger partial charge < -0.3 is 14.8 Å². The molecule has 0 unspecified atom stereocenters. The minimum Gasteiger partial charge on any atom is -0.488 e. The first-order chi connectivity index (χ1) is 15.7. The van der Waals surface area contributed by atoms with Crippen molar-refractivity contribution in [2.45, 2.75) is 6.61 Å². The van der Waals surface area contributed by atoms with Crippen molar-refractivity contribution in [2.24, 2.45) is 14.1 Å². The summed E-state index contributed by atoms with van der Waals surface area (Å²) < 4.78 is 12.8. The largest absolute Gasteiger partial charge is 0.488 e. The zero-order valence-electron chi connectivity index (χ0n) is 17.6. The standard InChI is InChI=1S/C22H19Cl2N3O6/c1-26-18(10-20(29)27(2)22(26)31)25-19(28)12-33-21(30)15-5-3-4-6-17(15)32-11-13-7-8-14(23)9-16(13)24/h3-10H,11-12H2,1-2H3,(H,25,28). The summed E-state index contributed by atoms with van der Waals surface area (Å²) in [5, 5.41) is 3.28. The van der Waals surface area contributed by atoms with Gasteiger partial charge >= 0.3 is 11.7 Å². The van der Waals surface area contributed by atoms with Gasteiger partial charge in [-0.05, 0) is 24.3 Å². The van der Waals surface area contributed by atoms with Crippen LogP contribution in [0.3, 0.4) is 0 Å². The fourth-order valence-corrected chi connectivity index (χ4v) is 3.26. The minimum atomic E-state index is -0.791. The first kappa shape index (κ1) is 24.1. The highest BCUT2D eigenvalue weighted by Gasteiger charge is 2.17. The number of para-hydroxylation sites is 1. The number of benzene rings is 2. The van der Waals surface area contributed by atoms with Crippen molar-refractivity contribution in [2.75, 3.05) is 11.9 Å². The molecule has 1 heterocycles. The summed E-state index contributed by atoms with van der Waals surface area (Å²) in [6.07, 6.45) is 0. The number of amides is 1. The van der Waals surface area contributed by atoms with Crippen LogP contribution in [0.1, 0.15) is 15.9 Å². The lowest BCUT2D eigenvalue weighted by Gasteiger charge is -2.13. The van der Waals surface area contributed by atoms with E-state index in [9.17, 15) is 19.2 Å². The van der Waals surface area contributed by atoms with Gasteiger partial charge in [0.1, 0.15) is 23.7 Å². The van der Waals surface area contributed by atoms with Crippen molar-refractivity contribution in [3.8, 4) is 5.75 Å². The lowest BCUT2D eigenvalue weighted by molar-refractivity contribution is -0.119. The Bertz CT molecular complexity index is 1330. The van der Waals surface area contributed by atoms with Gasteiger partial charge in [0.15, 0.2) is 6.61 Å². The number of nitrogens with one attached hydrogen (secondary N) is 1. The molecule has 0 spiro atoms. The van der Waals surface area contributed by atoms with E-state index >= 15 is 0 Å². The van der Waals surface area contributed by atoms with E-state index in [2.05, 4.69) is 5.32 Å². The molecule has 0 saturated heterocycles. The molecule has 0 radical (unpaired) electrons. The van der Waals surface area contributed by atoms with Gasteiger partial charge in [0, 0.05) is 35.8 Å². The van der Waals surface area contributed by atoms with Gasteiger partial charge in [-0.25, -0.2) is 9.59 Å². The molecular weight excluding hydrogens is 473 g/mol. The number of anilines is 1. The Kier molecular flexibility index (Phi) is 7.57. The van der Waals surface area contributed by atoms with Crippen molar-refractivity contribution in [3.05, 3.63) is 90.5 Å². The summed E-state index contributed by atoms with van der Waals surface area (Å²) in [5.74, 6) is -1.30. The Morgan fingerprint density at radius 2 is 1.73 bits per heavy atom. The SMILES string of the molecule is Cn1c(NC(=O)COC(=O)c2ccccc2OCc2ccc(Cl)cc2Cl)cc(=O)n(C)c1=O. The highest BCUT2D eigenvalue weighted by Crippen LogP contribution is 2.24. The van der Waals surface area contributed by atoms with E-state index in [0.29, 0.717) is 15.6 Å². The molecule has 3 aromatic rings. The zero-order valence-corrected chi connectivity index (χ0v) is 19.1. The highest BCUT2D eigenvalue weighted by molar-refractivity contribution is 6.35. The number of hydrogen-bond acceptors (Lipinski definition) is 6. The Morgan fingerprint density at radius 3 is 2.45 bits per heavy atom. The predicted octanol–water partition coefficient (Wildman–Crippen LogP) is 2.77. The minimum absolute atomic E-state index is 0.0206. The number of carbonyl (C=O) groups is 2. The number of hydrogen-bond donors (Lipinski definition) is 1. The van der Waals surface area contributed by atoms with E-state index in [-0.39, 0.29) is 23.7 Å². The molecule has 1 amide bonds. The number of halogens is 2. The molecule has 33 heavy (non-hydrogen) atoms. The van der Waals surface area contributed by atoms with Crippen LogP contribution < -0.4 is 21.3 Å². The van der Waals surface area contributed by atoms with E-state index in [1.807, 2.05) is 0 Å². The van der Waals surface area contributed by atoms with Crippen LogP contribution in [0.25, 0.3) is 0 Å². The summed E-state index contributed by atoms with van der Waals surface area (Å²) >= 11 is 12.0. The maximum Gasteiger partial charge on any atom is 0.342 e. The number of ether oxygens (including phenoxy) is 2. The third-order valence-corrected chi connectivity index (χ3v) is 5.22. The summed E-state index contributed by atoms with van der Waals surface area (Å²) in [5.41, 5.74) is -0.418. The van der Waals surface area contributed by atoms with E-state index < -0.39 is 29.7 Å². The lowest BCUT2D eigenvalue weighted by atomic mass is 10.2. The summed E-state index contributed by atoms with van der Waals surface area (Å²) in [4.78, 5) is 48.4. The van der Waals surface area contributed by atoms with Crippen molar-refractivity contribution in [3.63, 3.8) is 0 Å². The van der Waals surface area contributed by atoms with Crippen molar-refractivity contribution < 1.29 is 19.1 Å². The molecule has 0 bridgehead atoms. The third kappa shape index (κ3) is 5.82. The predicted molar refractivity (Wildman–Crippen MR) is 123 cm³/mol. The number of carbonyl (C=O) groups excluding carboxylic acids is 2. The normalized spacial score (nSPS) is 10.5. The van der Waals surface area contributed by atoms with Gasteiger partial charge in [-0.1, -0.05) is 41.4 Å². The quantitative estimate of drug-likeness (QED) is 0.509. The zero-order chi connectivity index (χ0) is 24.1. The number of nitrogens with zero attached hydrogens (tertiary/aromatic N) is 2. The second-order valence-corrected chi connectivity index (χ2v) is 7.76. The molecule has 0 saturated carbocycles. The fraction of sp³-hybridized carbons (Fsp3) is 0.182. The maximum absolute atomic E-state index is 12.5. The molecule has 0 aliphatic heterocycles. The molecule has 9 nitrogen and oxygen atoms in total. The smallest absolute Gasteiger partial charge is 0.342 e. The fourth-order valence-electron chi connectivity index (χ4n) is 2.80. The topological polar surface area (TPSA) is 109 Å². The Balaban J connectivity index is 1.65.